The zero-order valence-corrected chi connectivity index (χ0v) is 14.0. The Hall–Kier alpha value is -1.88. The molecule has 1 aliphatic carbocycles. The lowest BCUT2D eigenvalue weighted by atomic mass is 9.80. The minimum absolute atomic E-state index is 0.0319. The molecule has 0 bridgehead atoms. The SMILES string of the molecule is COC1(C2(NC(=O)c3ccccc3)CN(C(=O)C(C)C)C2)CC1. The van der Waals surface area contributed by atoms with E-state index >= 15 is 0 Å². The summed E-state index contributed by atoms with van der Waals surface area (Å²) in [6.45, 7) is 4.84. The Morgan fingerprint density at radius 3 is 2.26 bits per heavy atom. The van der Waals surface area contributed by atoms with Crippen LogP contribution in [-0.4, -0.2) is 48.1 Å². The molecule has 1 saturated carbocycles. The molecule has 1 saturated heterocycles. The van der Waals surface area contributed by atoms with E-state index in [1.807, 2.05) is 36.9 Å². The van der Waals surface area contributed by atoms with Gasteiger partial charge in [-0.25, -0.2) is 0 Å². The normalized spacial score (nSPS) is 20.8. The van der Waals surface area contributed by atoms with E-state index in [9.17, 15) is 9.59 Å². The van der Waals surface area contributed by atoms with E-state index in [1.54, 1.807) is 19.2 Å². The fourth-order valence-corrected chi connectivity index (χ4v) is 3.48. The van der Waals surface area contributed by atoms with Gasteiger partial charge >= 0.3 is 0 Å². The quantitative estimate of drug-likeness (QED) is 0.901. The summed E-state index contributed by atoms with van der Waals surface area (Å²) >= 11 is 0. The number of amides is 2. The van der Waals surface area contributed by atoms with E-state index in [2.05, 4.69) is 5.32 Å². The van der Waals surface area contributed by atoms with Crippen LogP contribution >= 0.6 is 0 Å². The maximum absolute atomic E-state index is 12.6. The monoisotopic (exact) mass is 316 g/mol. The summed E-state index contributed by atoms with van der Waals surface area (Å²) in [5, 5.41) is 3.17. The summed E-state index contributed by atoms with van der Waals surface area (Å²) in [7, 11) is 1.69. The number of hydrogen-bond donors (Lipinski definition) is 1. The van der Waals surface area contributed by atoms with Gasteiger partial charge in [0.25, 0.3) is 5.91 Å². The maximum Gasteiger partial charge on any atom is 0.251 e. The zero-order chi connectivity index (χ0) is 16.7. The molecule has 1 heterocycles. The summed E-state index contributed by atoms with van der Waals surface area (Å²) < 4.78 is 5.73. The van der Waals surface area contributed by atoms with Crippen molar-refractivity contribution >= 4 is 11.8 Å². The molecule has 124 valence electrons. The Morgan fingerprint density at radius 1 is 1.17 bits per heavy atom. The van der Waals surface area contributed by atoms with Crippen molar-refractivity contribution in [1.82, 2.24) is 10.2 Å². The predicted molar refractivity (Wildman–Crippen MR) is 87.0 cm³/mol. The summed E-state index contributed by atoms with van der Waals surface area (Å²) in [5.41, 5.74) is -0.169. The topological polar surface area (TPSA) is 58.6 Å². The van der Waals surface area contributed by atoms with E-state index < -0.39 is 5.54 Å². The number of benzene rings is 1. The van der Waals surface area contributed by atoms with Crippen molar-refractivity contribution in [3.63, 3.8) is 0 Å². The molecule has 1 aliphatic heterocycles. The van der Waals surface area contributed by atoms with Crippen molar-refractivity contribution in [2.24, 2.45) is 5.92 Å². The van der Waals surface area contributed by atoms with Gasteiger partial charge in [0, 0.05) is 31.7 Å². The summed E-state index contributed by atoms with van der Waals surface area (Å²) in [5.74, 6) is -0.0115. The molecule has 2 fully saturated rings. The Morgan fingerprint density at radius 2 is 1.78 bits per heavy atom. The van der Waals surface area contributed by atoms with Crippen molar-refractivity contribution in [2.45, 2.75) is 37.8 Å². The number of rotatable bonds is 5. The summed E-state index contributed by atoms with van der Waals surface area (Å²) in [4.78, 5) is 26.6. The number of carbonyl (C=O) groups excluding carboxylic acids is 2. The number of methoxy groups -OCH3 is 1. The fraction of sp³-hybridized carbons (Fsp3) is 0.556. The molecular formula is C18H24N2O3. The number of nitrogens with zero attached hydrogens (tertiary/aromatic N) is 1. The number of hydrogen-bond acceptors (Lipinski definition) is 3. The molecule has 5 nitrogen and oxygen atoms in total. The number of likely N-dealkylation sites (tertiary alicyclic amines) is 1. The molecule has 0 radical (unpaired) electrons. The lowest BCUT2D eigenvalue weighted by Gasteiger charge is -2.54. The lowest BCUT2D eigenvalue weighted by Crippen LogP contribution is -2.77. The Labute approximate surface area is 137 Å². The maximum atomic E-state index is 12.6. The first kappa shape index (κ1) is 16.0. The zero-order valence-electron chi connectivity index (χ0n) is 14.0. The van der Waals surface area contributed by atoms with Crippen LogP contribution in [0.25, 0.3) is 0 Å². The third-order valence-electron chi connectivity index (χ3n) is 5.08. The highest BCUT2D eigenvalue weighted by Gasteiger charge is 2.66. The Bertz CT molecular complexity index is 602. The molecule has 0 atom stereocenters. The molecule has 0 unspecified atom stereocenters. The van der Waals surface area contributed by atoms with E-state index in [4.69, 9.17) is 4.74 Å². The molecule has 1 aromatic carbocycles. The van der Waals surface area contributed by atoms with Crippen LogP contribution in [0.5, 0.6) is 0 Å². The second-order valence-electron chi connectivity index (χ2n) is 6.95. The van der Waals surface area contributed by atoms with Gasteiger partial charge in [-0.05, 0) is 25.0 Å². The second kappa shape index (κ2) is 5.64. The number of nitrogens with one attached hydrogen (secondary N) is 1. The molecule has 23 heavy (non-hydrogen) atoms. The highest BCUT2D eigenvalue weighted by molar-refractivity contribution is 5.95. The molecule has 2 aliphatic rings. The molecule has 1 aromatic rings. The fourth-order valence-electron chi connectivity index (χ4n) is 3.48. The molecule has 5 heteroatoms. The molecule has 0 aromatic heterocycles. The highest BCUT2D eigenvalue weighted by atomic mass is 16.5. The third kappa shape index (κ3) is 2.63. The second-order valence-corrected chi connectivity index (χ2v) is 6.95. The van der Waals surface area contributed by atoms with Gasteiger partial charge in [0.1, 0.15) is 5.54 Å². The highest BCUT2D eigenvalue weighted by Crippen LogP contribution is 2.51. The third-order valence-corrected chi connectivity index (χ3v) is 5.08. The molecular weight excluding hydrogens is 292 g/mol. The van der Waals surface area contributed by atoms with Gasteiger partial charge in [-0.3, -0.25) is 9.59 Å². The molecule has 3 rings (SSSR count). The van der Waals surface area contributed by atoms with Crippen molar-refractivity contribution in [3.8, 4) is 0 Å². The van der Waals surface area contributed by atoms with Crippen LogP contribution in [0.4, 0.5) is 0 Å². The first-order valence-corrected chi connectivity index (χ1v) is 8.14. The first-order valence-electron chi connectivity index (χ1n) is 8.14. The van der Waals surface area contributed by atoms with E-state index in [1.165, 1.54) is 0 Å². The predicted octanol–water partition coefficient (Wildman–Crippen LogP) is 1.83. The molecule has 0 spiro atoms. The van der Waals surface area contributed by atoms with E-state index in [-0.39, 0.29) is 23.3 Å². The van der Waals surface area contributed by atoms with Crippen LogP contribution in [-0.2, 0) is 9.53 Å². The molecule has 1 N–H and O–H groups in total. The van der Waals surface area contributed by atoms with E-state index in [0.29, 0.717) is 18.7 Å². The van der Waals surface area contributed by atoms with Crippen molar-refractivity contribution < 1.29 is 14.3 Å². The lowest BCUT2D eigenvalue weighted by molar-refractivity contribution is -0.151. The standard InChI is InChI=1S/C18H24N2O3/c1-13(2)16(22)20-11-17(12-20,18(23-3)9-10-18)19-15(21)14-7-5-4-6-8-14/h4-8,13H,9-12H2,1-3H3,(H,19,21). The van der Waals surface area contributed by atoms with Crippen molar-refractivity contribution in [1.29, 1.82) is 0 Å². The first-order chi connectivity index (χ1) is 10.9. The van der Waals surface area contributed by atoms with Crippen LogP contribution in [0.3, 0.4) is 0 Å². The smallest absolute Gasteiger partial charge is 0.251 e. The van der Waals surface area contributed by atoms with Crippen LogP contribution < -0.4 is 5.32 Å². The van der Waals surface area contributed by atoms with Gasteiger partial charge in [0.05, 0.1) is 5.60 Å². The minimum atomic E-state index is -0.473. The van der Waals surface area contributed by atoms with Crippen molar-refractivity contribution in [2.75, 3.05) is 20.2 Å². The van der Waals surface area contributed by atoms with Gasteiger partial charge in [-0.2, -0.15) is 0 Å². The van der Waals surface area contributed by atoms with E-state index in [0.717, 1.165) is 12.8 Å². The average Bonchev–Trinajstić information content (AvgIpc) is 3.31. The molecule has 2 amide bonds. The van der Waals surface area contributed by atoms with Gasteiger partial charge < -0.3 is 15.0 Å². The number of carbonyl (C=O) groups is 2. The Kier molecular flexibility index (Phi) is 3.92. The van der Waals surface area contributed by atoms with Crippen LogP contribution in [0.1, 0.15) is 37.0 Å². The van der Waals surface area contributed by atoms with Crippen molar-refractivity contribution in [3.05, 3.63) is 35.9 Å². The van der Waals surface area contributed by atoms with Crippen LogP contribution in [0.2, 0.25) is 0 Å². The largest absolute Gasteiger partial charge is 0.376 e. The average molecular weight is 316 g/mol. The summed E-state index contributed by atoms with van der Waals surface area (Å²) in [6, 6.07) is 9.17. The Balaban J connectivity index is 1.77. The van der Waals surface area contributed by atoms with Gasteiger partial charge in [0.15, 0.2) is 0 Å². The summed E-state index contributed by atoms with van der Waals surface area (Å²) in [6.07, 6.45) is 1.84. The van der Waals surface area contributed by atoms with Gasteiger partial charge in [-0.1, -0.05) is 32.0 Å². The van der Waals surface area contributed by atoms with Crippen LogP contribution in [0, 0.1) is 5.92 Å². The number of ether oxygens (including phenoxy) is 1. The van der Waals surface area contributed by atoms with Gasteiger partial charge in [0.2, 0.25) is 5.91 Å². The minimum Gasteiger partial charge on any atom is -0.376 e. The van der Waals surface area contributed by atoms with Crippen LogP contribution in [0.15, 0.2) is 30.3 Å². The van der Waals surface area contributed by atoms with Gasteiger partial charge in [-0.15, -0.1) is 0 Å².